The normalized spacial score (nSPS) is 11.7. The molecule has 1 aromatic rings. The largest absolute Gasteiger partial charge is 0.464 e. The van der Waals surface area contributed by atoms with Crippen LogP contribution in [0.5, 0.6) is 0 Å². The Hall–Kier alpha value is -1.85. The molecule has 2 N–H and O–H groups in total. The van der Waals surface area contributed by atoms with Crippen molar-refractivity contribution in [3.8, 4) is 0 Å². The predicted molar refractivity (Wildman–Crippen MR) is 65.9 cm³/mol. The summed E-state index contributed by atoms with van der Waals surface area (Å²) in [7, 11) is 0. The second-order valence-corrected chi connectivity index (χ2v) is 3.44. The summed E-state index contributed by atoms with van der Waals surface area (Å²) in [5.74, 6) is 1.02. The van der Waals surface area contributed by atoms with Gasteiger partial charge in [-0.25, -0.2) is 14.8 Å². The molecule has 1 aromatic heterocycles. The summed E-state index contributed by atoms with van der Waals surface area (Å²) in [5.41, 5.74) is 0. The van der Waals surface area contributed by atoms with Gasteiger partial charge in [-0.3, -0.25) is 0 Å². The molecule has 1 rings (SSSR count). The van der Waals surface area contributed by atoms with Crippen LogP contribution in [0.15, 0.2) is 12.4 Å². The minimum atomic E-state index is -0.431. The summed E-state index contributed by atoms with van der Waals surface area (Å²) in [6.07, 6.45) is 1.44. The molecule has 0 aliphatic rings. The highest BCUT2D eigenvalue weighted by atomic mass is 16.5. The molecule has 1 atom stereocenters. The van der Waals surface area contributed by atoms with E-state index in [-0.39, 0.29) is 5.97 Å². The van der Waals surface area contributed by atoms with Crippen LogP contribution in [0.25, 0.3) is 0 Å². The average molecular weight is 238 g/mol. The van der Waals surface area contributed by atoms with Crippen LogP contribution >= 0.6 is 0 Å². The van der Waals surface area contributed by atoms with E-state index in [1.54, 1.807) is 19.9 Å². The number of carbonyl (C=O) groups is 1. The molecule has 6 heteroatoms. The number of aromatic nitrogens is 2. The maximum Gasteiger partial charge on any atom is 0.328 e. The van der Waals surface area contributed by atoms with E-state index in [0.717, 1.165) is 12.4 Å². The first-order valence-electron chi connectivity index (χ1n) is 5.66. The van der Waals surface area contributed by atoms with Crippen molar-refractivity contribution < 1.29 is 9.53 Å². The summed E-state index contributed by atoms with van der Waals surface area (Å²) in [5, 5.41) is 6.03. The minimum Gasteiger partial charge on any atom is -0.464 e. The highest BCUT2D eigenvalue weighted by Crippen LogP contribution is 2.09. The fourth-order valence-electron chi connectivity index (χ4n) is 1.26. The topological polar surface area (TPSA) is 76.1 Å². The average Bonchev–Trinajstić information content (AvgIpc) is 2.30. The van der Waals surface area contributed by atoms with Gasteiger partial charge in [0.25, 0.3) is 0 Å². The molecule has 0 amide bonds. The Labute approximate surface area is 101 Å². The van der Waals surface area contributed by atoms with Gasteiger partial charge in [-0.1, -0.05) is 0 Å². The number of anilines is 2. The molecule has 1 unspecified atom stereocenters. The predicted octanol–water partition coefficient (Wildman–Crippen LogP) is 1.27. The Balaban J connectivity index is 2.61. The van der Waals surface area contributed by atoms with Crippen molar-refractivity contribution in [3.63, 3.8) is 0 Å². The van der Waals surface area contributed by atoms with Gasteiger partial charge in [-0.2, -0.15) is 0 Å². The summed E-state index contributed by atoms with van der Waals surface area (Å²) < 4.78 is 4.89. The van der Waals surface area contributed by atoms with Gasteiger partial charge in [0.2, 0.25) is 0 Å². The number of nitrogens with one attached hydrogen (secondary N) is 2. The molecule has 0 radical (unpaired) electrons. The molecule has 94 valence electrons. The molecule has 0 aliphatic carbocycles. The van der Waals surface area contributed by atoms with E-state index >= 15 is 0 Å². The van der Waals surface area contributed by atoms with Gasteiger partial charge in [0.05, 0.1) is 6.61 Å². The van der Waals surface area contributed by atoms with Crippen LogP contribution in [0.2, 0.25) is 0 Å². The minimum absolute atomic E-state index is 0.295. The SMILES string of the molecule is CCNc1cc(NC(C)C(=O)OCC)ncn1. The Morgan fingerprint density at radius 3 is 2.76 bits per heavy atom. The molecule has 0 aromatic carbocycles. The van der Waals surface area contributed by atoms with Crippen LogP contribution in [0.4, 0.5) is 11.6 Å². The Morgan fingerprint density at radius 1 is 1.41 bits per heavy atom. The number of ether oxygens (including phenoxy) is 1. The summed E-state index contributed by atoms with van der Waals surface area (Å²) in [6, 6.07) is 1.32. The van der Waals surface area contributed by atoms with Crippen molar-refractivity contribution in [2.75, 3.05) is 23.8 Å². The highest BCUT2D eigenvalue weighted by molar-refractivity contribution is 5.78. The molecule has 0 saturated carbocycles. The van der Waals surface area contributed by atoms with E-state index in [1.807, 2.05) is 6.92 Å². The fraction of sp³-hybridized carbons (Fsp3) is 0.545. The number of hydrogen-bond donors (Lipinski definition) is 2. The van der Waals surface area contributed by atoms with Gasteiger partial charge >= 0.3 is 5.97 Å². The van der Waals surface area contributed by atoms with Gasteiger partial charge in [-0.05, 0) is 20.8 Å². The standard InChI is InChI=1S/C11H18N4O2/c1-4-12-9-6-10(14-7-13-9)15-8(3)11(16)17-5-2/h6-8H,4-5H2,1-3H3,(H2,12,13,14,15). The molecular weight excluding hydrogens is 220 g/mol. The van der Waals surface area contributed by atoms with E-state index < -0.39 is 6.04 Å². The van der Waals surface area contributed by atoms with Gasteiger partial charge < -0.3 is 15.4 Å². The highest BCUT2D eigenvalue weighted by Gasteiger charge is 2.13. The molecule has 0 bridgehead atoms. The second kappa shape index (κ2) is 6.67. The lowest BCUT2D eigenvalue weighted by Crippen LogP contribution is -2.28. The van der Waals surface area contributed by atoms with Crippen molar-refractivity contribution in [1.82, 2.24) is 9.97 Å². The third-order valence-electron chi connectivity index (χ3n) is 2.03. The van der Waals surface area contributed by atoms with Crippen molar-refractivity contribution in [2.45, 2.75) is 26.8 Å². The third kappa shape index (κ3) is 4.26. The molecule has 0 saturated heterocycles. The lowest BCUT2D eigenvalue weighted by atomic mass is 10.3. The van der Waals surface area contributed by atoms with Crippen LogP contribution in [0, 0.1) is 0 Å². The van der Waals surface area contributed by atoms with Crippen molar-refractivity contribution in [2.24, 2.45) is 0 Å². The maximum atomic E-state index is 11.4. The summed E-state index contributed by atoms with van der Waals surface area (Å²) in [4.78, 5) is 19.5. The van der Waals surface area contributed by atoms with Crippen molar-refractivity contribution >= 4 is 17.6 Å². The van der Waals surface area contributed by atoms with E-state index in [1.165, 1.54) is 6.33 Å². The monoisotopic (exact) mass is 238 g/mol. The zero-order chi connectivity index (χ0) is 12.7. The number of hydrogen-bond acceptors (Lipinski definition) is 6. The first kappa shape index (κ1) is 13.2. The molecule has 6 nitrogen and oxygen atoms in total. The first-order chi connectivity index (χ1) is 8.17. The Morgan fingerprint density at radius 2 is 2.12 bits per heavy atom. The van der Waals surface area contributed by atoms with Gasteiger partial charge in [-0.15, -0.1) is 0 Å². The van der Waals surface area contributed by atoms with E-state index in [0.29, 0.717) is 12.4 Å². The van der Waals surface area contributed by atoms with Crippen LogP contribution in [0.3, 0.4) is 0 Å². The van der Waals surface area contributed by atoms with Gasteiger partial charge in [0.1, 0.15) is 24.0 Å². The third-order valence-corrected chi connectivity index (χ3v) is 2.03. The number of rotatable bonds is 6. The van der Waals surface area contributed by atoms with E-state index in [4.69, 9.17) is 4.74 Å². The smallest absolute Gasteiger partial charge is 0.328 e. The Kier molecular flexibility index (Phi) is 5.19. The Bertz CT molecular complexity index is 370. The fourth-order valence-corrected chi connectivity index (χ4v) is 1.26. The first-order valence-corrected chi connectivity index (χ1v) is 5.66. The molecule has 1 heterocycles. The van der Waals surface area contributed by atoms with E-state index in [2.05, 4.69) is 20.6 Å². The van der Waals surface area contributed by atoms with E-state index in [9.17, 15) is 4.79 Å². The quantitative estimate of drug-likeness (QED) is 0.727. The number of esters is 1. The number of carbonyl (C=O) groups excluding carboxylic acids is 1. The number of nitrogens with zero attached hydrogens (tertiary/aromatic N) is 2. The van der Waals surface area contributed by atoms with Crippen LogP contribution in [-0.4, -0.2) is 35.1 Å². The van der Waals surface area contributed by atoms with Crippen LogP contribution in [-0.2, 0) is 9.53 Å². The zero-order valence-electron chi connectivity index (χ0n) is 10.4. The molecule has 0 aliphatic heterocycles. The van der Waals surface area contributed by atoms with Gasteiger partial charge in [0.15, 0.2) is 0 Å². The molecule has 0 fully saturated rings. The maximum absolute atomic E-state index is 11.4. The van der Waals surface area contributed by atoms with Crippen molar-refractivity contribution in [1.29, 1.82) is 0 Å². The molecule has 0 spiro atoms. The van der Waals surface area contributed by atoms with Crippen molar-refractivity contribution in [3.05, 3.63) is 12.4 Å². The van der Waals surface area contributed by atoms with Gasteiger partial charge in [0, 0.05) is 12.6 Å². The molecular formula is C11H18N4O2. The molecule has 17 heavy (non-hydrogen) atoms. The summed E-state index contributed by atoms with van der Waals surface area (Å²) in [6.45, 7) is 6.64. The zero-order valence-corrected chi connectivity index (χ0v) is 10.4. The second-order valence-electron chi connectivity index (χ2n) is 3.44. The summed E-state index contributed by atoms with van der Waals surface area (Å²) >= 11 is 0. The van der Waals surface area contributed by atoms with Crippen LogP contribution in [0.1, 0.15) is 20.8 Å². The lowest BCUT2D eigenvalue weighted by molar-refractivity contribution is -0.143. The van der Waals surface area contributed by atoms with Crippen LogP contribution < -0.4 is 10.6 Å². The lowest BCUT2D eigenvalue weighted by Gasteiger charge is -2.13.